The van der Waals surface area contributed by atoms with Crippen molar-refractivity contribution in [3.05, 3.63) is 36.7 Å². The lowest BCUT2D eigenvalue weighted by Crippen LogP contribution is -2.30. The minimum Gasteiger partial charge on any atom is -0.399 e. The highest BCUT2D eigenvalue weighted by Gasteiger charge is 2.24. The molecular formula is C11H14N4O2S. The Bertz CT molecular complexity index is 605. The molecule has 0 bridgehead atoms. The van der Waals surface area contributed by atoms with Gasteiger partial charge >= 0.3 is 0 Å². The van der Waals surface area contributed by atoms with Crippen molar-refractivity contribution in [2.24, 2.45) is 0 Å². The zero-order valence-electron chi connectivity index (χ0n) is 9.87. The van der Waals surface area contributed by atoms with Crippen molar-refractivity contribution in [1.29, 1.82) is 0 Å². The smallest absolute Gasteiger partial charge is 0.267 e. The Kier molecular flexibility index (Phi) is 3.24. The lowest BCUT2D eigenvalue weighted by molar-refractivity contribution is 0.592. The number of aromatic nitrogens is 2. The molecule has 2 aromatic rings. The number of nitrogens with two attached hydrogens (primary N) is 1. The lowest BCUT2D eigenvalue weighted by Gasteiger charge is -2.22. The van der Waals surface area contributed by atoms with Crippen LogP contribution in [0.3, 0.4) is 0 Å². The van der Waals surface area contributed by atoms with Crippen molar-refractivity contribution in [3.8, 4) is 0 Å². The second kappa shape index (κ2) is 4.69. The van der Waals surface area contributed by atoms with Crippen LogP contribution in [0.5, 0.6) is 0 Å². The summed E-state index contributed by atoms with van der Waals surface area (Å²) in [6, 6.07) is 6.69. The zero-order chi connectivity index (χ0) is 13.2. The maximum atomic E-state index is 12.3. The molecule has 0 aliphatic heterocycles. The van der Waals surface area contributed by atoms with Gasteiger partial charge in [-0.3, -0.25) is 9.40 Å². The second-order valence-corrected chi connectivity index (χ2v) is 5.56. The standard InChI is InChI=1S/C11H14N4O2S/c1-2-15(10-5-3-9(12)4-6-10)18(16,17)11-7-13-14-8-11/h3-8H,2,12H2,1H3,(H,13,14). The third-order valence-corrected chi connectivity index (χ3v) is 4.40. The molecule has 0 unspecified atom stereocenters. The molecule has 0 spiro atoms. The normalized spacial score (nSPS) is 11.4. The molecule has 3 N–H and O–H groups in total. The highest BCUT2D eigenvalue weighted by atomic mass is 32.2. The van der Waals surface area contributed by atoms with Crippen LogP contribution >= 0.6 is 0 Å². The van der Waals surface area contributed by atoms with Gasteiger partial charge in [0.15, 0.2) is 0 Å². The average Bonchev–Trinajstić information content (AvgIpc) is 2.86. The maximum absolute atomic E-state index is 12.3. The van der Waals surface area contributed by atoms with Crippen LogP contribution in [0, 0.1) is 0 Å². The van der Waals surface area contributed by atoms with E-state index in [4.69, 9.17) is 5.73 Å². The Hall–Kier alpha value is -2.02. The van der Waals surface area contributed by atoms with Gasteiger partial charge in [0.05, 0.1) is 11.9 Å². The lowest BCUT2D eigenvalue weighted by atomic mass is 10.3. The minimum absolute atomic E-state index is 0.140. The molecule has 1 aromatic carbocycles. The monoisotopic (exact) mass is 266 g/mol. The molecule has 0 fully saturated rings. The van der Waals surface area contributed by atoms with Crippen LogP contribution in [0.25, 0.3) is 0 Å². The molecule has 0 aliphatic carbocycles. The first-order valence-corrected chi connectivity index (χ1v) is 6.86. The van der Waals surface area contributed by atoms with Crippen LogP contribution in [0.2, 0.25) is 0 Å². The highest BCUT2D eigenvalue weighted by molar-refractivity contribution is 7.92. The minimum atomic E-state index is -3.57. The molecule has 6 nitrogen and oxygen atoms in total. The molecule has 18 heavy (non-hydrogen) atoms. The first-order chi connectivity index (χ1) is 8.55. The van der Waals surface area contributed by atoms with E-state index >= 15 is 0 Å². The fourth-order valence-corrected chi connectivity index (χ4v) is 3.02. The second-order valence-electron chi connectivity index (χ2n) is 3.70. The van der Waals surface area contributed by atoms with Gasteiger partial charge in [-0.2, -0.15) is 5.10 Å². The van der Waals surface area contributed by atoms with Crippen molar-refractivity contribution in [1.82, 2.24) is 10.2 Å². The van der Waals surface area contributed by atoms with Gasteiger partial charge in [0.2, 0.25) is 0 Å². The van der Waals surface area contributed by atoms with Crippen molar-refractivity contribution in [2.75, 3.05) is 16.6 Å². The predicted octanol–water partition coefficient (Wildman–Crippen LogP) is 1.21. The van der Waals surface area contributed by atoms with Crippen LogP contribution in [0.1, 0.15) is 6.92 Å². The zero-order valence-corrected chi connectivity index (χ0v) is 10.7. The van der Waals surface area contributed by atoms with Gasteiger partial charge in [-0.25, -0.2) is 8.42 Å². The van der Waals surface area contributed by atoms with Gasteiger partial charge in [0, 0.05) is 18.4 Å². The number of aromatic amines is 1. The van der Waals surface area contributed by atoms with Gasteiger partial charge in [-0.05, 0) is 31.2 Å². The van der Waals surface area contributed by atoms with Crippen molar-refractivity contribution in [2.45, 2.75) is 11.8 Å². The summed E-state index contributed by atoms with van der Waals surface area (Å²) in [7, 11) is -3.57. The van der Waals surface area contributed by atoms with Crippen molar-refractivity contribution >= 4 is 21.4 Å². The Morgan fingerprint density at radius 3 is 2.50 bits per heavy atom. The summed E-state index contributed by atoms with van der Waals surface area (Å²) >= 11 is 0. The van der Waals surface area contributed by atoms with Gasteiger partial charge in [0.25, 0.3) is 10.0 Å². The van der Waals surface area contributed by atoms with Gasteiger partial charge in [-0.15, -0.1) is 0 Å². The number of hydrogen-bond acceptors (Lipinski definition) is 4. The Labute approximate surface area is 105 Å². The number of hydrogen-bond donors (Lipinski definition) is 2. The molecule has 0 amide bonds. The Balaban J connectivity index is 2.43. The summed E-state index contributed by atoms with van der Waals surface area (Å²) in [6.07, 6.45) is 2.64. The van der Waals surface area contributed by atoms with Crippen molar-refractivity contribution < 1.29 is 8.42 Å². The van der Waals surface area contributed by atoms with Crippen LogP contribution in [0.15, 0.2) is 41.6 Å². The summed E-state index contributed by atoms with van der Waals surface area (Å²) in [5.74, 6) is 0. The van der Waals surface area contributed by atoms with E-state index in [1.165, 1.54) is 16.7 Å². The van der Waals surface area contributed by atoms with Crippen molar-refractivity contribution in [3.63, 3.8) is 0 Å². The number of nitrogens with zero attached hydrogens (tertiary/aromatic N) is 2. The van der Waals surface area contributed by atoms with E-state index in [1.807, 2.05) is 0 Å². The Morgan fingerprint density at radius 2 is 2.00 bits per heavy atom. The molecule has 7 heteroatoms. The topological polar surface area (TPSA) is 92.1 Å². The molecule has 1 heterocycles. The first-order valence-electron chi connectivity index (χ1n) is 5.42. The van der Waals surface area contributed by atoms with E-state index in [0.717, 1.165) is 0 Å². The number of anilines is 2. The molecule has 0 saturated heterocycles. The number of sulfonamides is 1. The van der Waals surface area contributed by atoms with E-state index in [0.29, 0.717) is 17.9 Å². The number of nitrogens with one attached hydrogen (secondary N) is 1. The summed E-state index contributed by atoms with van der Waals surface area (Å²) in [4.78, 5) is 0.140. The number of benzene rings is 1. The van der Waals surface area contributed by atoms with Crippen LogP contribution in [-0.4, -0.2) is 25.2 Å². The van der Waals surface area contributed by atoms with E-state index in [2.05, 4.69) is 10.2 Å². The molecule has 96 valence electrons. The maximum Gasteiger partial charge on any atom is 0.267 e. The van der Waals surface area contributed by atoms with Gasteiger partial charge < -0.3 is 5.73 Å². The van der Waals surface area contributed by atoms with E-state index < -0.39 is 10.0 Å². The van der Waals surface area contributed by atoms with E-state index in [-0.39, 0.29) is 4.90 Å². The summed E-state index contributed by atoms with van der Waals surface area (Å²) < 4.78 is 26.0. The number of rotatable bonds is 4. The summed E-state index contributed by atoms with van der Waals surface area (Å²) in [5.41, 5.74) is 6.76. The number of H-pyrrole nitrogens is 1. The highest BCUT2D eigenvalue weighted by Crippen LogP contribution is 2.23. The van der Waals surface area contributed by atoms with Gasteiger partial charge in [0.1, 0.15) is 4.90 Å². The van der Waals surface area contributed by atoms with Crippen LogP contribution in [0.4, 0.5) is 11.4 Å². The van der Waals surface area contributed by atoms with E-state index in [1.54, 1.807) is 31.2 Å². The molecule has 0 atom stereocenters. The molecule has 0 radical (unpaired) electrons. The Morgan fingerprint density at radius 1 is 1.33 bits per heavy atom. The molecule has 0 aliphatic rings. The molecule has 2 rings (SSSR count). The van der Waals surface area contributed by atoms with E-state index in [9.17, 15) is 8.42 Å². The number of nitrogen functional groups attached to an aromatic ring is 1. The van der Waals surface area contributed by atoms with Gasteiger partial charge in [-0.1, -0.05) is 0 Å². The predicted molar refractivity (Wildman–Crippen MR) is 69.6 cm³/mol. The molecular weight excluding hydrogens is 252 g/mol. The fraction of sp³-hybridized carbons (Fsp3) is 0.182. The molecule has 1 aromatic heterocycles. The first kappa shape index (κ1) is 12.4. The van der Waals surface area contributed by atoms with Crippen LogP contribution in [-0.2, 0) is 10.0 Å². The average molecular weight is 266 g/mol. The largest absolute Gasteiger partial charge is 0.399 e. The molecule has 0 saturated carbocycles. The summed E-state index contributed by atoms with van der Waals surface area (Å²) in [6.45, 7) is 2.10. The fourth-order valence-electron chi connectivity index (χ4n) is 1.64. The quantitative estimate of drug-likeness (QED) is 0.813. The SMILES string of the molecule is CCN(c1ccc(N)cc1)S(=O)(=O)c1cn[nH]c1. The third-order valence-electron chi connectivity index (χ3n) is 2.53. The third kappa shape index (κ3) is 2.17. The summed E-state index contributed by atoms with van der Waals surface area (Å²) in [5, 5.41) is 6.16. The van der Waals surface area contributed by atoms with Crippen LogP contribution < -0.4 is 10.0 Å².